The van der Waals surface area contributed by atoms with E-state index < -0.39 is 0 Å². The monoisotopic (exact) mass is 219 g/mol. The normalized spacial score (nSPS) is 10.1. The average molecular weight is 219 g/mol. The Kier molecular flexibility index (Phi) is 2.72. The summed E-state index contributed by atoms with van der Waals surface area (Å²) in [6.45, 7) is 0. The van der Waals surface area contributed by atoms with Crippen molar-refractivity contribution in [3.63, 3.8) is 0 Å². The molecule has 4 heteroatoms. The van der Waals surface area contributed by atoms with Crippen LogP contribution >= 0.6 is 0 Å². The number of H-pyrrole nitrogens is 1. The van der Waals surface area contributed by atoms with Gasteiger partial charge < -0.3 is 9.72 Å². The summed E-state index contributed by atoms with van der Waals surface area (Å²) in [7, 11) is 1.52. The van der Waals surface area contributed by atoms with Crippen LogP contribution in [0, 0.1) is 5.82 Å². The number of methoxy groups -OCH3 is 1. The van der Waals surface area contributed by atoms with E-state index in [-0.39, 0.29) is 11.4 Å². The second kappa shape index (κ2) is 4.18. The molecule has 0 spiro atoms. The van der Waals surface area contributed by atoms with Gasteiger partial charge in [-0.1, -0.05) is 0 Å². The van der Waals surface area contributed by atoms with Gasteiger partial charge in [0.2, 0.25) is 5.56 Å². The van der Waals surface area contributed by atoms with Crippen molar-refractivity contribution >= 4 is 0 Å². The Labute approximate surface area is 91.5 Å². The van der Waals surface area contributed by atoms with E-state index in [1.54, 1.807) is 12.1 Å². The standard InChI is InChI=1S/C12H10FNO2/c1-16-11-4-3-9(13)6-10(11)8-2-5-12(15)14-7-8/h2-7H,1H3,(H,14,15). The van der Waals surface area contributed by atoms with E-state index in [1.165, 1.54) is 31.5 Å². The van der Waals surface area contributed by atoms with Gasteiger partial charge in [-0.05, 0) is 24.3 Å². The highest BCUT2D eigenvalue weighted by molar-refractivity contribution is 5.69. The zero-order valence-corrected chi connectivity index (χ0v) is 8.66. The van der Waals surface area contributed by atoms with Crippen LogP contribution in [-0.4, -0.2) is 12.1 Å². The van der Waals surface area contributed by atoms with E-state index in [9.17, 15) is 9.18 Å². The molecule has 0 aliphatic heterocycles. The summed E-state index contributed by atoms with van der Waals surface area (Å²) in [5, 5.41) is 0. The molecule has 1 aromatic heterocycles. The lowest BCUT2D eigenvalue weighted by molar-refractivity contribution is 0.415. The van der Waals surface area contributed by atoms with Crippen LogP contribution in [0.1, 0.15) is 0 Å². The number of halogens is 1. The number of nitrogens with one attached hydrogen (secondary N) is 1. The molecule has 0 saturated heterocycles. The first-order valence-electron chi connectivity index (χ1n) is 4.73. The van der Waals surface area contributed by atoms with Gasteiger partial charge in [-0.3, -0.25) is 4.79 Å². The van der Waals surface area contributed by atoms with Gasteiger partial charge in [0.15, 0.2) is 0 Å². The number of ether oxygens (including phenoxy) is 1. The second-order valence-corrected chi connectivity index (χ2v) is 3.29. The number of aromatic nitrogens is 1. The Balaban J connectivity index is 2.57. The first-order chi connectivity index (χ1) is 7.70. The number of pyridine rings is 1. The summed E-state index contributed by atoms with van der Waals surface area (Å²) in [5.74, 6) is 0.218. The Morgan fingerprint density at radius 3 is 2.69 bits per heavy atom. The molecule has 1 heterocycles. The fourth-order valence-electron chi connectivity index (χ4n) is 1.48. The lowest BCUT2D eigenvalue weighted by Crippen LogP contribution is -2.01. The molecule has 0 bridgehead atoms. The fourth-order valence-corrected chi connectivity index (χ4v) is 1.48. The van der Waals surface area contributed by atoms with E-state index in [1.807, 2.05) is 0 Å². The predicted octanol–water partition coefficient (Wildman–Crippen LogP) is 2.19. The van der Waals surface area contributed by atoms with Crippen molar-refractivity contribution in [1.29, 1.82) is 0 Å². The first-order valence-corrected chi connectivity index (χ1v) is 4.73. The van der Waals surface area contributed by atoms with Crippen LogP contribution in [0.5, 0.6) is 5.75 Å². The summed E-state index contributed by atoms with van der Waals surface area (Å²) in [4.78, 5) is 13.4. The van der Waals surface area contributed by atoms with Crippen LogP contribution in [-0.2, 0) is 0 Å². The van der Waals surface area contributed by atoms with E-state index in [0.717, 1.165) is 0 Å². The van der Waals surface area contributed by atoms with Crippen molar-refractivity contribution in [2.45, 2.75) is 0 Å². The minimum absolute atomic E-state index is 0.195. The van der Waals surface area contributed by atoms with E-state index in [2.05, 4.69) is 4.98 Å². The molecule has 0 unspecified atom stereocenters. The fraction of sp³-hybridized carbons (Fsp3) is 0.0833. The highest BCUT2D eigenvalue weighted by atomic mass is 19.1. The van der Waals surface area contributed by atoms with Crippen LogP contribution in [0.25, 0.3) is 11.1 Å². The maximum Gasteiger partial charge on any atom is 0.247 e. The van der Waals surface area contributed by atoms with Crippen LogP contribution in [0.15, 0.2) is 41.3 Å². The van der Waals surface area contributed by atoms with Gasteiger partial charge in [0, 0.05) is 23.4 Å². The number of hydrogen-bond donors (Lipinski definition) is 1. The van der Waals surface area contributed by atoms with Crippen LogP contribution in [0.2, 0.25) is 0 Å². The maximum absolute atomic E-state index is 13.1. The Hall–Kier alpha value is -2.10. The lowest BCUT2D eigenvalue weighted by atomic mass is 10.1. The zero-order chi connectivity index (χ0) is 11.5. The van der Waals surface area contributed by atoms with E-state index in [4.69, 9.17) is 4.74 Å². The van der Waals surface area contributed by atoms with E-state index in [0.29, 0.717) is 16.9 Å². The molecule has 0 radical (unpaired) electrons. The molecule has 0 amide bonds. The number of benzene rings is 1. The first kappa shape index (κ1) is 10.4. The molecular weight excluding hydrogens is 209 g/mol. The van der Waals surface area contributed by atoms with Crippen molar-refractivity contribution in [2.24, 2.45) is 0 Å². The third-order valence-corrected chi connectivity index (χ3v) is 2.26. The molecule has 0 fully saturated rings. The molecule has 0 atom stereocenters. The molecule has 2 aromatic rings. The largest absolute Gasteiger partial charge is 0.496 e. The maximum atomic E-state index is 13.1. The van der Waals surface area contributed by atoms with Gasteiger partial charge in [-0.25, -0.2) is 4.39 Å². The molecule has 3 nitrogen and oxygen atoms in total. The third-order valence-electron chi connectivity index (χ3n) is 2.26. The van der Waals surface area contributed by atoms with Gasteiger partial charge in [-0.2, -0.15) is 0 Å². The highest BCUT2D eigenvalue weighted by Crippen LogP contribution is 2.29. The molecule has 0 saturated carbocycles. The molecule has 1 aromatic carbocycles. The molecule has 1 N–H and O–H groups in total. The van der Waals surface area contributed by atoms with Gasteiger partial charge in [0.25, 0.3) is 0 Å². The summed E-state index contributed by atoms with van der Waals surface area (Å²) in [6, 6.07) is 7.26. The topological polar surface area (TPSA) is 42.1 Å². The number of hydrogen-bond acceptors (Lipinski definition) is 2. The summed E-state index contributed by atoms with van der Waals surface area (Å²) in [6.07, 6.45) is 1.53. The lowest BCUT2D eigenvalue weighted by Gasteiger charge is -2.07. The summed E-state index contributed by atoms with van der Waals surface area (Å²) >= 11 is 0. The van der Waals surface area contributed by atoms with Crippen molar-refractivity contribution < 1.29 is 9.13 Å². The molecular formula is C12H10FNO2. The van der Waals surface area contributed by atoms with Gasteiger partial charge in [-0.15, -0.1) is 0 Å². The zero-order valence-electron chi connectivity index (χ0n) is 8.66. The van der Waals surface area contributed by atoms with Crippen molar-refractivity contribution in [2.75, 3.05) is 7.11 Å². The minimum atomic E-state index is -0.345. The minimum Gasteiger partial charge on any atom is -0.496 e. The smallest absolute Gasteiger partial charge is 0.247 e. The van der Waals surface area contributed by atoms with Crippen LogP contribution in [0.4, 0.5) is 4.39 Å². The SMILES string of the molecule is COc1ccc(F)cc1-c1ccc(=O)[nH]c1. The predicted molar refractivity (Wildman–Crippen MR) is 59.0 cm³/mol. The number of rotatable bonds is 2. The molecule has 0 aliphatic rings. The van der Waals surface area contributed by atoms with E-state index >= 15 is 0 Å². The van der Waals surface area contributed by atoms with Crippen molar-refractivity contribution in [1.82, 2.24) is 4.98 Å². The number of aromatic amines is 1. The molecule has 0 aliphatic carbocycles. The molecule has 82 valence electrons. The van der Waals surface area contributed by atoms with Crippen molar-refractivity contribution in [3.8, 4) is 16.9 Å². The quantitative estimate of drug-likeness (QED) is 0.841. The second-order valence-electron chi connectivity index (χ2n) is 3.29. The Morgan fingerprint density at radius 2 is 2.06 bits per heavy atom. The summed E-state index contributed by atoms with van der Waals surface area (Å²) < 4.78 is 18.2. The van der Waals surface area contributed by atoms with Gasteiger partial charge in [0.1, 0.15) is 11.6 Å². The van der Waals surface area contributed by atoms with Gasteiger partial charge in [0.05, 0.1) is 7.11 Å². The van der Waals surface area contributed by atoms with Crippen LogP contribution < -0.4 is 10.3 Å². The summed E-state index contributed by atoms with van der Waals surface area (Å²) in [5.41, 5.74) is 1.12. The molecule has 16 heavy (non-hydrogen) atoms. The Bertz CT molecular complexity index is 543. The van der Waals surface area contributed by atoms with Crippen molar-refractivity contribution in [3.05, 3.63) is 52.7 Å². The Morgan fingerprint density at radius 1 is 1.25 bits per heavy atom. The van der Waals surface area contributed by atoms with Gasteiger partial charge >= 0.3 is 0 Å². The van der Waals surface area contributed by atoms with Crippen LogP contribution in [0.3, 0.4) is 0 Å². The molecule has 2 rings (SSSR count). The third kappa shape index (κ3) is 1.95. The highest BCUT2D eigenvalue weighted by Gasteiger charge is 2.06. The average Bonchev–Trinajstić information content (AvgIpc) is 2.30.